The molecule has 2 heterocycles. The van der Waals surface area contributed by atoms with E-state index in [1.807, 2.05) is 31.3 Å². The predicted molar refractivity (Wildman–Crippen MR) is 91.2 cm³/mol. The number of hydrogen-bond acceptors (Lipinski definition) is 3. The zero-order valence-corrected chi connectivity index (χ0v) is 14.6. The number of nitrogens with zero attached hydrogens (tertiary/aromatic N) is 2. The zero-order valence-electron chi connectivity index (χ0n) is 12.2. The maximum absolute atomic E-state index is 12.6. The lowest BCUT2D eigenvalue weighted by Crippen LogP contribution is -2.29. The molecular formula is C15H18BrClN4O. The molecule has 1 aliphatic rings. The molecule has 1 amide bonds. The van der Waals surface area contributed by atoms with Crippen molar-refractivity contribution < 1.29 is 4.79 Å². The molecule has 0 fully saturated rings. The maximum atomic E-state index is 12.6. The molecule has 0 atom stereocenters. The van der Waals surface area contributed by atoms with Gasteiger partial charge in [-0.25, -0.2) is 0 Å². The second-order valence-electron chi connectivity index (χ2n) is 5.24. The molecule has 3 rings (SSSR count). The van der Waals surface area contributed by atoms with E-state index < -0.39 is 0 Å². The van der Waals surface area contributed by atoms with Gasteiger partial charge < -0.3 is 10.2 Å². The number of nitrogens with one attached hydrogen (secondary N) is 2. The van der Waals surface area contributed by atoms with E-state index in [4.69, 9.17) is 0 Å². The Labute approximate surface area is 144 Å². The van der Waals surface area contributed by atoms with E-state index in [1.54, 1.807) is 4.90 Å². The molecule has 0 spiro atoms. The van der Waals surface area contributed by atoms with E-state index in [1.165, 1.54) is 0 Å². The number of carbonyl (C=O) groups excluding carboxylic acids is 1. The van der Waals surface area contributed by atoms with Crippen LogP contribution in [0.15, 0.2) is 28.7 Å². The Bertz CT molecular complexity index is 656. The molecule has 118 valence electrons. The Morgan fingerprint density at radius 2 is 2.09 bits per heavy atom. The second-order valence-corrected chi connectivity index (χ2v) is 6.16. The third kappa shape index (κ3) is 3.51. The number of amides is 1. The minimum atomic E-state index is -0.0425. The van der Waals surface area contributed by atoms with Crippen molar-refractivity contribution in [2.45, 2.75) is 19.5 Å². The number of aromatic nitrogens is 2. The van der Waals surface area contributed by atoms with Crippen LogP contribution in [0.5, 0.6) is 0 Å². The Kier molecular flexibility index (Phi) is 5.61. The monoisotopic (exact) mass is 384 g/mol. The Hall–Kier alpha value is -1.37. The molecule has 0 aliphatic carbocycles. The first-order chi connectivity index (χ1) is 10.1. The average molecular weight is 386 g/mol. The van der Waals surface area contributed by atoms with E-state index in [2.05, 4.69) is 31.4 Å². The van der Waals surface area contributed by atoms with Gasteiger partial charge in [0.25, 0.3) is 5.91 Å². The molecule has 22 heavy (non-hydrogen) atoms. The molecular weight excluding hydrogens is 368 g/mol. The first-order valence-corrected chi connectivity index (χ1v) is 7.71. The first-order valence-electron chi connectivity index (χ1n) is 6.92. The number of fused-ring (bicyclic) bond motifs is 1. The lowest BCUT2D eigenvalue weighted by molar-refractivity contribution is 0.0778. The topological polar surface area (TPSA) is 61.0 Å². The molecule has 7 heteroatoms. The highest BCUT2D eigenvalue weighted by Crippen LogP contribution is 2.18. The number of halogens is 2. The summed E-state index contributed by atoms with van der Waals surface area (Å²) in [6.07, 6.45) is 0.895. The molecule has 0 unspecified atom stereocenters. The number of rotatable bonds is 3. The smallest absolute Gasteiger partial charge is 0.274 e. The van der Waals surface area contributed by atoms with Crippen molar-refractivity contribution in [3.8, 4) is 0 Å². The molecule has 0 saturated heterocycles. The fourth-order valence-electron chi connectivity index (χ4n) is 2.52. The van der Waals surface area contributed by atoms with E-state index >= 15 is 0 Å². The van der Waals surface area contributed by atoms with E-state index in [9.17, 15) is 4.79 Å². The summed E-state index contributed by atoms with van der Waals surface area (Å²) in [6, 6.07) is 7.98. The van der Waals surface area contributed by atoms with Crippen LogP contribution in [0.4, 0.5) is 0 Å². The molecule has 5 nitrogen and oxygen atoms in total. The summed E-state index contributed by atoms with van der Waals surface area (Å²) < 4.78 is 1.03. The quantitative estimate of drug-likeness (QED) is 0.853. The molecule has 2 N–H and O–H groups in total. The van der Waals surface area contributed by atoms with Gasteiger partial charge in [0.15, 0.2) is 5.69 Å². The molecule has 1 aliphatic heterocycles. The lowest BCUT2D eigenvalue weighted by atomic mass is 10.1. The molecule has 1 aromatic carbocycles. The van der Waals surface area contributed by atoms with E-state index in [-0.39, 0.29) is 18.3 Å². The zero-order chi connectivity index (χ0) is 14.8. The summed E-state index contributed by atoms with van der Waals surface area (Å²) >= 11 is 3.41. The lowest BCUT2D eigenvalue weighted by Gasteiger charge is -2.18. The number of benzene rings is 1. The van der Waals surface area contributed by atoms with Crippen LogP contribution in [0.3, 0.4) is 0 Å². The van der Waals surface area contributed by atoms with E-state index in [0.717, 1.165) is 34.3 Å². The summed E-state index contributed by atoms with van der Waals surface area (Å²) in [5.41, 5.74) is 3.72. The van der Waals surface area contributed by atoms with Gasteiger partial charge in [0.05, 0.1) is 0 Å². The van der Waals surface area contributed by atoms with Crippen molar-refractivity contribution in [3.63, 3.8) is 0 Å². The molecule has 2 aromatic rings. The summed E-state index contributed by atoms with van der Waals surface area (Å²) in [5, 5.41) is 10.5. The van der Waals surface area contributed by atoms with Crippen LogP contribution < -0.4 is 5.32 Å². The summed E-state index contributed by atoms with van der Waals surface area (Å²) in [5.74, 6) is -0.0425. The van der Waals surface area contributed by atoms with Crippen molar-refractivity contribution in [1.82, 2.24) is 20.4 Å². The first kappa shape index (κ1) is 17.0. The van der Waals surface area contributed by atoms with Crippen LogP contribution in [-0.4, -0.2) is 34.6 Å². The van der Waals surface area contributed by atoms with Crippen molar-refractivity contribution in [2.75, 3.05) is 13.6 Å². The normalized spacial score (nSPS) is 13.2. The Morgan fingerprint density at radius 3 is 2.82 bits per heavy atom. The SMILES string of the molecule is CN(Cc1ccc(Br)cc1)C(=O)c1n[nH]c2c1CNCC2.Cl. The fourth-order valence-corrected chi connectivity index (χ4v) is 2.78. The van der Waals surface area contributed by atoms with Gasteiger partial charge in [0.1, 0.15) is 0 Å². The largest absolute Gasteiger partial charge is 0.336 e. The van der Waals surface area contributed by atoms with Gasteiger partial charge in [0, 0.05) is 48.8 Å². The molecule has 1 aromatic heterocycles. The highest BCUT2D eigenvalue weighted by molar-refractivity contribution is 9.10. The van der Waals surface area contributed by atoms with Crippen LogP contribution in [-0.2, 0) is 19.5 Å². The van der Waals surface area contributed by atoms with Gasteiger partial charge >= 0.3 is 0 Å². The standard InChI is InChI=1S/C15H17BrN4O.ClH/c1-20(9-10-2-4-11(16)5-3-10)15(21)14-12-8-17-7-6-13(12)18-19-14;/h2-5,17H,6-9H2,1H3,(H,18,19);1H. The van der Waals surface area contributed by atoms with Crippen LogP contribution in [0.1, 0.15) is 27.3 Å². The van der Waals surface area contributed by atoms with Crippen LogP contribution in [0, 0.1) is 0 Å². The predicted octanol–water partition coefficient (Wildman–Crippen LogP) is 2.51. The molecule has 0 radical (unpaired) electrons. The van der Waals surface area contributed by atoms with Gasteiger partial charge in [-0.05, 0) is 17.7 Å². The van der Waals surface area contributed by atoms with Gasteiger partial charge in [0.2, 0.25) is 0 Å². The van der Waals surface area contributed by atoms with Gasteiger partial charge in [-0.2, -0.15) is 5.10 Å². The summed E-state index contributed by atoms with van der Waals surface area (Å²) in [6.45, 7) is 2.21. The van der Waals surface area contributed by atoms with E-state index in [0.29, 0.717) is 18.8 Å². The minimum absolute atomic E-state index is 0. The van der Waals surface area contributed by atoms with Crippen LogP contribution in [0.2, 0.25) is 0 Å². The van der Waals surface area contributed by atoms with Gasteiger partial charge in [-0.1, -0.05) is 28.1 Å². The third-order valence-corrected chi connectivity index (χ3v) is 4.22. The Morgan fingerprint density at radius 1 is 1.36 bits per heavy atom. The summed E-state index contributed by atoms with van der Waals surface area (Å²) in [7, 11) is 1.81. The fraction of sp³-hybridized carbons (Fsp3) is 0.333. The highest BCUT2D eigenvalue weighted by Gasteiger charge is 2.23. The number of H-pyrrole nitrogens is 1. The number of hydrogen-bond donors (Lipinski definition) is 2. The highest BCUT2D eigenvalue weighted by atomic mass is 79.9. The number of carbonyl (C=O) groups is 1. The third-order valence-electron chi connectivity index (χ3n) is 3.69. The maximum Gasteiger partial charge on any atom is 0.274 e. The van der Waals surface area contributed by atoms with Crippen molar-refractivity contribution in [1.29, 1.82) is 0 Å². The average Bonchev–Trinajstić information content (AvgIpc) is 2.92. The Balaban J connectivity index is 0.00000176. The van der Waals surface area contributed by atoms with Gasteiger partial charge in [-0.3, -0.25) is 9.89 Å². The van der Waals surface area contributed by atoms with Gasteiger partial charge in [-0.15, -0.1) is 12.4 Å². The van der Waals surface area contributed by atoms with Crippen molar-refractivity contribution >= 4 is 34.2 Å². The van der Waals surface area contributed by atoms with Crippen molar-refractivity contribution in [2.24, 2.45) is 0 Å². The molecule has 0 saturated carbocycles. The minimum Gasteiger partial charge on any atom is -0.336 e. The van der Waals surface area contributed by atoms with Crippen molar-refractivity contribution in [3.05, 3.63) is 51.3 Å². The summed E-state index contributed by atoms with van der Waals surface area (Å²) in [4.78, 5) is 14.3. The second kappa shape index (κ2) is 7.26. The van der Waals surface area contributed by atoms with Crippen LogP contribution in [0.25, 0.3) is 0 Å². The molecule has 0 bridgehead atoms. The number of aromatic amines is 1. The van der Waals surface area contributed by atoms with Crippen LogP contribution >= 0.6 is 28.3 Å².